The first-order valence-corrected chi connectivity index (χ1v) is 4.19. The van der Waals surface area contributed by atoms with E-state index in [1.165, 1.54) is 0 Å². The molecule has 70 valence electrons. The predicted molar refractivity (Wildman–Crippen MR) is 57.2 cm³/mol. The van der Waals surface area contributed by atoms with Gasteiger partial charge in [0.2, 0.25) is 0 Å². The van der Waals surface area contributed by atoms with Crippen molar-refractivity contribution in [1.29, 1.82) is 0 Å². The van der Waals surface area contributed by atoms with Gasteiger partial charge in [-0.15, -0.1) is 0 Å². The quantitative estimate of drug-likeness (QED) is 0.458. The molecule has 0 saturated heterocycles. The predicted octanol–water partition coefficient (Wildman–Crippen LogP) is -1.02. The van der Waals surface area contributed by atoms with Crippen molar-refractivity contribution in [2.45, 2.75) is 0 Å². The third-order valence-electron chi connectivity index (χ3n) is 1.68. The standard InChI is InChI=1S/C8H14BN3O/c1-13-3-2-11-7-4-6(9)5-12-8(7)10/h4-5,11H,2-3,9H2,1H3,(H2,10,12). The molecule has 1 aromatic heterocycles. The number of rotatable bonds is 4. The fourth-order valence-corrected chi connectivity index (χ4v) is 1.01. The van der Waals surface area contributed by atoms with E-state index in [1.54, 1.807) is 13.3 Å². The van der Waals surface area contributed by atoms with Crippen molar-refractivity contribution in [3.8, 4) is 0 Å². The van der Waals surface area contributed by atoms with Gasteiger partial charge in [-0.05, 0) is 6.07 Å². The molecular formula is C8H14BN3O. The van der Waals surface area contributed by atoms with Crippen molar-refractivity contribution in [2.75, 3.05) is 31.3 Å². The molecule has 1 heterocycles. The van der Waals surface area contributed by atoms with Crippen molar-refractivity contribution >= 4 is 24.8 Å². The molecule has 3 N–H and O–H groups in total. The SMILES string of the molecule is Bc1cnc(N)c(NCCOC)c1. The summed E-state index contributed by atoms with van der Waals surface area (Å²) in [5, 5.41) is 3.14. The number of ether oxygens (including phenoxy) is 1. The maximum Gasteiger partial charge on any atom is 0.146 e. The van der Waals surface area contributed by atoms with Crippen molar-refractivity contribution in [1.82, 2.24) is 4.98 Å². The van der Waals surface area contributed by atoms with E-state index in [-0.39, 0.29) is 0 Å². The molecule has 0 bridgehead atoms. The van der Waals surface area contributed by atoms with Crippen LogP contribution in [-0.2, 0) is 4.74 Å². The zero-order valence-electron chi connectivity index (χ0n) is 8.00. The van der Waals surface area contributed by atoms with Crippen LogP contribution in [0.4, 0.5) is 11.5 Å². The van der Waals surface area contributed by atoms with E-state index in [2.05, 4.69) is 10.3 Å². The third-order valence-corrected chi connectivity index (χ3v) is 1.68. The van der Waals surface area contributed by atoms with Crippen molar-refractivity contribution in [2.24, 2.45) is 0 Å². The number of methoxy groups -OCH3 is 1. The number of hydrogen-bond donors (Lipinski definition) is 2. The minimum Gasteiger partial charge on any atom is -0.383 e. The Morgan fingerprint density at radius 1 is 1.69 bits per heavy atom. The Kier molecular flexibility index (Phi) is 3.58. The van der Waals surface area contributed by atoms with Gasteiger partial charge in [-0.1, -0.05) is 5.46 Å². The molecule has 0 aliphatic carbocycles. The highest BCUT2D eigenvalue weighted by molar-refractivity contribution is 6.32. The molecule has 0 fully saturated rings. The average molecular weight is 179 g/mol. The zero-order chi connectivity index (χ0) is 9.68. The van der Waals surface area contributed by atoms with Gasteiger partial charge < -0.3 is 15.8 Å². The Bertz CT molecular complexity index is 280. The van der Waals surface area contributed by atoms with E-state index in [0.717, 1.165) is 17.7 Å². The van der Waals surface area contributed by atoms with Crippen LogP contribution in [0, 0.1) is 0 Å². The summed E-state index contributed by atoms with van der Waals surface area (Å²) in [4.78, 5) is 4.03. The molecule has 1 rings (SSSR count). The minimum atomic E-state index is 0.529. The molecule has 1 aromatic rings. The van der Waals surface area contributed by atoms with Gasteiger partial charge in [-0.25, -0.2) is 4.98 Å². The first kappa shape index (κ1) is 9.86. The normalized spacial score (nSPS) is 9.92. The van der Waals surface area contributed by atoms with Gasteiger partial charge in [0, 0.05) is 19.9 Å². The fraction of sp³-hybridized carbons (Fsp3) is 0.375. The number of anilines is 2. The number of pyridine rings is 1. The topological polar surface area (TPSA) is 60.2 Å². The summed E-state index contributed by atoms with van der Waals surface area (Å²) < 4.78 is 4.91. The molecule has 4 nitrogen and oxygen atoms in total. The molecule has 0 aliphatic heterocycles. The maximum absolute atomic E-state index is 5.66. The number of nitrogens with one attached hydrogen (secondary N) is 1. The second-order valence-electron chi connectivity index (χ2n) is 2.87. The molecule has 13 heavy (non-hydrogen) atoms. The van der Waals surface area contributed by atoms with Crippen LogP contribution in [0.25, 0.3) is 0 Å². The molecule has 5 heteroatoms. The highest BCUT2D eigenvalue weighted by Crippen LogP contribution is 2.11. The molecule has 0 amide bonds. The number of aromatic nitrogens is 1. The average Bonchev–Trinajstić information content (AvgIpc) is 2.11. The van der Waals surface area contributed by atoms with E-state index in [4.69, 9.17) is 10.5 Å². The van der Waals surface area contributed by atoms with Gasteiger partial charge in [0.25, 0.3) is 0 Å². The van der Waals surface area contributed by atoms with Gasteiger partial charge >= 0.3 is 0 Å². The van der Waals surface area contributed by atoms with Crippen LogP contribution in [0.2, 0.25) is 0 Å². The molecule has 0 unspecified atom stereocenters. The van der Waals surface area contributed by atoms with Gasteiger partial charge in [-0.2, -0.15) is 0 Å². The maximum atomic E-state index is 5.66. The molecule has 0 spiro atoms. The lowest BCUT2D eigenvalue weighted by molar-refractivity contribution is 0.211. The van der Waals surface area contributed by atoms with Crippen LogP contribution in [0.1, 0.15) is 0 Å². The summed E-state index contributed by atoms with van der Waals surface area (Å²) in [7, 11) is 3.65. The summed E-state index contributed by atoms with van der Waals surface area (Å²) in [6.07, 6.45) is 1.75. The smallest absolute Gasteiger partial charge is 0.146 e. The molecule has 0 radical (unpaired) electrons. The fourth-order valence-electron chi connectivity index (χ4n) is 1.01. The number of hydrogen-bond acceptors (Lipinski definition) is 4. The molecule has 0 aliphatic rings. The summed E-state index contributed by atoms with van der Waals surface area (Å²) in [5.41, 5.74) is 7.62. The molecular weight excluding hydrogens is 165 g/mol. The summed E-state index contributed by atoms with van der Waals surface area (Å²) in [6.45, 7) is 1.40. The highest BCUT2D eigenvalue weighted by atomic mass is 16.5. The van der Waals surface area contributed by atoms with Gasteiger partial charge in [0.15, 0.2) is 0 Å². The summed E-state index contributed by atoms with van der Waals surface area (Å²) >= 11 is 0. The van der Waals surface area contributed by atoms with Gasteiger partial charge in [0.05, 0.1) is 12.3 Å². The summed E-state index contributed by atoms with van der Waals surface area (Å²) in [6, 6.07) is 1.97. The molecule has 0 aromatic carbocycles. The first-order chi connectivity index (χ1) is 6.24. The van der Waals surface area contributed by atoms with Crippen LogP contribution in [0.5, 0.6) is 0 Å². The Balaban J connectivity index is 2.59. The Hall–Kier alpha value is -1.23. The Morgan fingerprint density at radius 3 is 3.15 bits per heavy atom. The minimum absolute atomic E-state index is 0.529. The van der Waals surface area contributed by atoms with E-state index < -0.39 is 0 Å². The summed E-state index contributed by atoms with van der Waals surface area (Å²) in [5.74, 6) is 0.529. The first-order valence-electron chi connectivity index (χ1n) is 4.19. The van der Waals surface area contributed by atoms with Crippen LogP contribution < -0.4 is 16.5 Å². The highest BCUT2D eigenvalue weighted by Gasteiger charge is 1.98. The lowest BCUT2D eigenvalue weighted by Crippen LogP contribution is -2.13. The molecule has 0 atom stereocenters. The molecule has 0 saturated carbocycles. The van der Waals surface area contributed by atoms with Crippen LogP contribution >= 0.6 is 0 Å². The van der Waals surface area contributed by atoms with Crippen LogP contribution in [-0.4, -0.2) is 33.1 Å². The number of nitrogens with zero attached hydrogens (tertiary/aromatic N) is 1. The number of nitrogens with two attached hydrogens (primary N) is 1. The third kappa shape index (κ3) is 2.95. The second kappa shape index (κ2) is 4.72. The lowest BCUT2D eigenvalue weighted by atomic mass is 9.98. The number of nitrogen functional groups attached to an aromatic ring is 1. The van der Waals surface area contributed by atoms with E-state index in [1.807, 2.05) is 13.9 Å². The van der Waals surface area contributed by atoms with Crippen molar-refractivity contribution in [3.05, 3.63) is 12.3 Å². The Labute approximate surface area is 78.9 Å². The van der Waals surface area contributed by atoms with Crippen molar-refractivity contribution < 1.29 is 4.74 Å². The largest absolute Gasteiger partial charge is 0.383 e. The second-order valence-corrected chi connectivity index (χ2v) is 2.87. The van der Waals surface area contributed by atoms with E-state index in [9.17, 15) is 0 Å². The van der Waals surface area contributed by atoms with Crippen LogP contribution in [0.15, 0.2) is 12.3 Å². The Morgan fingerprint density at radius 2 is 2.46 bits per heavy atom. The lowest BCUT2D eigenvalue weighted by Gasteiger charge is -2.08. The van der Waals surface area contributed by atoms with E-state index >= 15 is 0 Å². The van der Waals surface area contributed by atoms with Gasteiger partial charge in [-0.3, -0.25) is 0 Å². The van der Waals surface area contributed by atoms with Crippen LogP contribution in [0.3, 0.4) is 0 Å². The zero-order valence-corrected chi connectivity index (χ0v) is 8.00. The van der Waals surface area contributed by atoms with Gasteiger partial charge in [0.1, 0.15) is 13.7 Å². The monoisotopic (exact) mass is 179 g/mol. The van der Waals surface area contributed by atoms with E-state index in [0.29, 0.717) is 12.4 Å². The van der Waals surface area contributed by atoms with Crippen molar-refractivity contribution in [3.63, 3.8) is 0 Å².